The number of halogens is 1. The van der Waals surface area contributed by atoms with Crippen LogP contribution in [0.1, 0.15) is 10.4 Å². The standard InChI is InChI=1S/C9H12ClN3O3/c10-8-1-6(7(11)3-12-8)9(16)13-2-5(15)4-14/h1,3,5,14-15H,2,4,11H2,(H,13,16). The molecule has 1 aromatic rings. The second-order valence-electron chi connectivity index (χ2n) is 3.14. The zero-order chi connectivity index (χ0) is 12.1. The molecule has 7 heteroatoms. The lowest BCUT2D eigenvalue weighted by atomic mass is 10.2. The van der Waals surface area contributed by atoms with Crippen LogP contribution in [0.15, 0.2) is 12.3 Å². The van der Waals surface area contributed by atoms with E-state index in [-0.39, 0.29) is 22.9 Å². The van der Waals surface area contributed by atoms with E-state index < -0.39 is 18.6 Å². The zero-order valence-electron chi connectivity index (χ0n) is 8.35. The Labute approximate surface area is 97.1 Å². The number of pyridine rings is 1. The van der Waals surface area contributed by atoms with Crippen molar-refractivity contribution in [2.75, 3.05) is 18.9 Å². The lowest BCUT2D eigenvalue weighted by Crippen LogP contribution is -2.34. The third-order valence-electron chi connectivity index (χ3n) is 1.86. The fraction of sp³-hybridized carbons (Fsp3) is 0.333. The van der Waals surface area contributed by atoms with Crippen molar-refractivity contribution < 1.29 is 15.0 Å². The van der Waals surface area contributed by atoms with Gasteiger partial charge in [-0.05, 0) is 6.07 Å². The first-order valence-electron chi connectivity index (χ1n) is 4.52. The normalized spacial score (nSPS) is 12.2. The maximum atomic E-state index is 11.6. The maximum Gasteiger partial charge on any atom is 0.253 e. The van der Waals surface area contributed by atoms with Crippen LogP contribution in [0.25, 0.3) is 0 Å². The summed E-state index contributed by atoms with van der Waals surface area (Å²) >= 11 is 5.61. The number of nitrogen functional groups attached to an aromatic ring is 1. The van der Waals surface area contributed by atoms with Crippen molar-refractivity contribution in [2.24, 2.45) is 0 Å². The van der Waals surface area contributed by atoms with E-state index in [0.717, 1.165) is 0 Å². The number of nitrogens with zero attached hydrogens (tertiary/aromatic N) is 1. The molecule has 0 aliphatic carbocycles. The molecule has 0 spiro atoms. The molecule has 1 unspecified atom stereocenters. The van der Waals surface area contributed by atoms with Crippen molar-refractivity contribution in [1.82, 2.24) is 10.3 Å². The molecule has 0 saturated carbocycles. The van der Waals surface area contributed by atoms with Gasteiger partial charge in [0, 0.05) is 6.54 Å². The van der Waals surface area contributed by atoms with Gasteiger partial charge in [0.05, 0.1) is 30.2 Å². The van der Waals surface area contributed by atoms with Gasteiger partial charge in [-0.25, -0.2) is 4.98 Å². The fourth-order valence-electron chi connectivity index (χ4n) is 1.01. The third-order valence-corrected chi connectivity index (χ3v) is 2.06. The minimum absolute atomic E-state index is 0.0608. The van der Waals surface area contributed by atoms with Crippen LogP contribution in [0, 0.1) is 0 Å². The van der Waals surface area contributed by atoms with Gasteiger partial charge >= 0.3 is 0 Å². The Hall–Kier alpha value is -1.37. The van der Waals surface area contributed by atoms with Crippen LogP contribution in [0.2, 0.25) is 5.15 Å². The molecular formula is C9H12ClN3O3. The summed E-state index contributed by atoms with van der Waals surface area (Å²) in [7, 11) is 0. The summed E-state index contributed by atoms with van der Waals surface area (Å²) in [5.74, 6) is -0.477. The molecule has 88 valence electrons. The van der Waals surface area contributed by atoms with Crippen LogP contribution >= 0.6 is 11.6 Å². The molecule has 1 heterocycles. The number of anilines is 1. The van der Waals surface area contributed by atoms with Crippen molar-refractivity contribution >= 4 is 23.2 Å². The monoisotopic (exact) mass is 245 g/mol. The lowest BCUT2D eigenvalue weighted by molar-refractivity contribution is 0.0802. The molecule has 0 radical (unpaired) electrons. The minimum atomic E-state index is -0.998. The summed E-state index contributed by atoms with van der Waals surface area (Å²) in [6.45, 7) is -0.485. The molecular weight excluding hydrogens is 234 g/mol. The van der Waals surface area contributed by atoms with Gasteiger partial charge < -0.3 is 21.3 Å². The first-order valence-corrected chi connectivity index (χ1v) is 4.90. The minimum Gasteiger partial charge on any atom is -0.397 e. The number of aliphatic hydroxyl groups excluding tert-OH is 2. The van der Waals surface area contributed by atoms with Crippen molar-refractivity contribution in [3.8, 4) is 0 Å². The molecule has 1 atom stereocenters. The van der Waals surface area contributed by atoms with Crippen LogP contribution < -0.4 is 11.1 Å². The van der Waals surface area contributed by atoms with Gasteiger partial charge in [-0.1, -0.05) is 11.6 Å². The highest BCUT2D eigenvalue weighted by Crippen LogP contribution is 2.14. The first-order chi connectivity index (χ1) is 7.54. The zero-order valence-corrected chi connectivity index (χ0v) is 9.11. The van der Waals surface area contributed by atoms with E-state index >= 15 is 0 Å². The largest absolute Gasteiger partial charge is 0.397 e. The molecule has 6 nitrogen and oxygen atoms in total. The highest BCUT2D eigenvalue weighted by atomic mass is 35.5. The maximum absolute atomic E-state index is 11.6. The van der Waals surface area contributed by atoms with Gasteiger partial charge in [-0.15, -0.1) is 0 Å². The number of aromatic nitrogens is 1. The second-order valence-corrected chi connectivity index (χ2v) is 3.53. The molecule has 0 saturated heterocycles. The van der Waals surface area contributed by atoms with E-state index in [1.54, 1.807) is 0 Å². The van der Waals surface area contributed by atoms with Crippen molar-refractivity contribution in [2.45, 2.75) is 6.10 Å². The van der Waals surface area contributed by atoms with Crippen molar-refractivity contribution in [3.63, 3.8) is 0 Å². The number of hydrogen-bond acceptors (Lipinski definition) is 5. The summed E-state index contributed by atoms with van der Waals surface area (Å²) in [4.78, 5) is 15.3. The molecule has 1 aromatic heterocycles. The summed E-state index contributed by atoms with van der Waals surface area (Å²) in [5.41, 5.74) is 5.92. The van der Waals surface area contributed by atoms with Crippen LogP contribution in [0.3, 0.4) is 0 Å². The second kappa shape index (κ2) is 5.64. The summed E-state index contributed by atoms with van der Waals surface area (Å²) in [6.07, 6.45) is 0.280. The number of carbonyl (C=O) groups excluding carboxylic acids is 1. The Morgan fingerprint density at radius 1 is 1.69 bits per heavy atom. The molecule has 0 bridgehead atoms. The van der Waals surface area contributed by atoms with Crippen LogP contribution in [-0.4, -0.2) is 40.4 Å². The first kappa shape index (κ1) is 12.7. The number of nitrogens with two attached hydrogens (primary N) is 1. The molecule has 0 aliphatic heterocycles. The molecule has 0 aliphatic rings. The van der Waals surface area contributed by atoms with Gasteiger partial charge in [0.2, 0.25) is 0 Å². The topological polar surface area (TPSA) is 108 Å². The van der Waals surface area contributed by atoms with Gasteiger partial charge in [-0.2, -0.15) is 0 Å². The summed E-state index contributed by atoms with van der Waals surface area (Å²) in [6, 6.07) is 1.33. The van der Waals surface area contributed by atoms with Crippen LogP contribution in [0.4, 0.5) is 5.69 Å². The number of rotatable bonds is 4. The molecule has 16 heavy (non-hydrogen) atoms. The number of nitrogens with one attached hydrogen (secondary N) is 1. The SMILES string of the molecule is Nc1cnc(Cl)cc1C(=O)NCC(O)CO. The highest BCUT2D eigenvalue weighted by molar-refractivity contribution is 6.29. The predicted molar refractivity (Wildman–Crippen MR) is 59.1 cm³/mol. The van der Waals surface area contributed by atoms with E-state index in [1.165, 1.54) is 12.3 Å². The van der Waals surface area contributed by atoms with E-state index in [4.69, 9.17) is 27.5 Å². The predicted octanol–water partition coefficient (Wildman–Crippen LogP) is -0.600. The Morgan fingerprint density at radius 3 is 3.00 bits per heavy atom. The highest BCUT2D eigenvalue weighted by Gasteiger charge is 2.12. The van der Waals surface area contributed by atoms with E-state index in [2.05, 4.69) is 10.3 Å². The van der Waals surface area contributed by atoms with E-state index in [0.29, 0.717) is 0 Å². The number of amides is 1. The average molecular weight is 246 g/mol. The number of aliphatic hydroxyl groups is 2. The van der Waals surface area contributed by atoms with Crippen molar-refractivity contribution in [3.05, 3.63) is 23.0 Å². The third kappa shape index (κ3) is 3.34. The Kier molecular flexibility index (Phi) is 4.48. The Morgan fingerprint density at radius 2 is 2.38 bits per heavy atom. The average Bonchev–Trinajstić information content (AvgIpc) is 2.28. The fourth-order valence-corrected chi connectivity index (χ4v) is 1.17. The molecule has 0 fully saturated rings. The van der Waals surface area contributed by atoms with E-state index in [1.807, 2.05) is 0 Å². The quantitative estimate of drug-likeness (QED) is 0.530. The molecule has 0 aromatic carbocycles. The van der Waals surface area contributed by atoms with Gasteiger partial charge in [0.15, 0.2) is 0 Å². The van der Waals surface area contributed by atoms with Gasteiger partial charge in [0.1, 0.15) is 5.15 Å². The molecule has 1 rings (SSSR count). The lowest BCUT2D eigenvalue weighted by Gasteiger charge is -2.10. The summed E-state index contributed by atoms with van der Waals surface area (Å²) in [5, 5.41) is 20.2. The van der Waals surface area contributed by atoms with Crippen molar-refractivity contribution in [1.29, 1.82) is 0 Å². The summed E-state index contributed by atoms with van der Waals surface area (Å²) < 4.78 is 0. The van der Waals surface area contributed by atoms with E-state index in [9.17, 15) is 4.79 Å². The molecule has 5 N–H and O–H groups in total. The van der Waals surface area contributed by atoms with Gasteiger partial charge in [0.25, 0.3) is 5.91 Å². The Bertz CT molecular complexity index is 386. The number of carbonyl (C=O) groups is 1. The molecule has 1 amide bonds. The van der Waals surface area contributed by atoms with Crippen LogP contribution in [0.5, 0.6) is 0 Å². The van der Waals surface area contributed by atoms with Gasteiger partial charge in [-0.3, -0.25) is 4.79 Å². The van der Waals surface area contributed by atoms with Crippen LogP contribution in [-0.2, 0) is 0 Å². The number of hydrogen-bond donors (Lipinski definition) is 4. The smallest absolute Gasteiger partial charge is 0.253 e. The Balaban J connectivity index is 2.69.